The Bertz CT molecular complexity index is 717. The fourth-order valence-electron chi connectivity index (χ4n) is 5.00. The van der Waals surface area contributed by atoms with Crippen LogP contribution in [0.25, 0.3) is 0 Å². The number of nitrogens with two attached hydrogens (primary N) is 1. The zero-order valence-electron chi connectivity index (χ0n) is 15.0. The second-order valence-electron chi connectivity index (χ2n) is 8.08. The highest BCUT2D eigenvalue weighted by molar-refractivity contribution is 6.28. The third kappa shape index (κ3) is 3.11. The van der Waals surface area contributed by atoms with Gasteiger partial charge in [0.25, 0.3) is 0 Å². The van der Waals surface area contributed by atoms with Crippen molar-refractivity contribution >= 4 is 17.6 Å². The van der Waals surface area contributed by atoms with Crippen LogP contribution < -0.4 is 5.73 Å². The summed E-state index contributed by atoms with van der Waals surface area (Å²) in [4.78, 5) is 20.8. The first-order chi connectivity index (χ1) is 12.4. The van der Waals surface area contributed by atoms with E-state index in [-0.39, 0.29) is 28.8 Å². The molecule has 0 aliphatic heterocycles. The summed E-state index contributed by atoms with van der Waals surface area (Å²) in [5.74, 6) is 0.00478. The molecule has 7 heteroatoms. The minimum absolute atomic E-state index is 0.0294. The summed E-state index contributed by atoms with van der Waals surface area (Å²) in [5, 5.41) is 0.0294. The number of carbonyl (C=O) groups is 1. The summed E-state index contributed by atoms with van der Waals surface area (Å²) >= 11 is 6.07. The van der Waals surface area contributed by atoms with Gasteiger partial charge < -0.3 is 10.5 Å². The molecular formula is C19H25ClFN3O2. The normalized spacial score (nSPS) is 31.7. The predicted molar refractivity (Wildman–Crippen MR) is 94.9 cm³/mol. The van der Waals surface area contributed by atoms with Crippen LogP contribution in [0.2, 0.25) is 5.28 Å². The van der Waals surface area contributed by atoms with E-state index in [9.17, 15) is 4.79 Å². The van der Waals surface area contributed by atoms with Crippen LogP contribution in [0.5, 0.6) is 0 Å². The third-order valence-electron chi connectivity index (χ3n) is 6.53. The molecule has 4 fully saturated rings. The number of hydrogen-bond donors (Lipinski definition) is 1. The number of rotatable bonds is 5. The maximum atomic E-state index is 15.1. The lowest BCUT2D eigenvalue weighted by atomic mass is 9.57. The van der Waals surface area contributed by atoms with Crippen LogP contribution in [-0.2, 0) is 21.5 Å². The molecule has 26 heavy (non-hydrogen) atoms. The molecule has 0 amide bonds. The second-order valence-corrected chi connectivity index (χ2v) is 8.42. The van der Waals surface area contributed by atoms with Crippen molar-refractivity contribution in [3.63, 3.8) is 0 Å². The van der Waals surface area contributed by atoms with Gasteiger partial charge >= 0.3 is 5.97 Å². The molecule has 2 N–H and O–H groups in total. The molecule has 1 heterocycles. The predicted octanol–water partition coefficient (Wildman–Crippen LogP) is 3.37. The highest BCUT2D eigenvalue weighted by atomic mass is 35.5. The fraction of sp³-hybridized carbons (Fsp3) is 0.737. The third-order valence-corrected chi connectivity index (χ3v) is 6.70. The van der Waals surface area contributed by atoms with E-state index in [0.717, 1.165) is 25.7 Å². The fourth-order valence-corrected chi connectivity index (χ4v) is 5.18. The first kappa shape index (κ1) is 18.1. The van der Waals surface area contributed by atoms with E-state index in [1.807, 2.05) is 6.92 Å². The molecule has 5 rings (SSSR count). The maximum Gasteiger partial charge on any atom is 0.309 e. The average Bonchev–Trinajstić information content (AvgIpc) is 3.37. The smallest absolute Gasteiger partial charge is 0.309 e. The lowest BCUT2D eigenvalue weighted by Crippen LogP contribution is -2.45. The van der Waals surface area contributed by atoms with Crippen LogP contribution in [0.15, 0.2) is 0 Å². The molecule has 4 aliphatic rings. The molecule has 0 unspecified atom stereocenters. The van der Waals surface area contributed by atoms with Crippen molar-refractivity contribution in [3.05, 3.63) is 22.5 Å². The highest BCUT2D eigenvalue weighted by Crippen LogP contribution is 2.51. The first-order valence-corrected chi connectivity index (χ1v) is 9.98. The average molecular weight is 382 g/mol. The van der Waals surface area contributed by atoms with Crippen LogP contribution in [0.4, 0.5) is 4.39 Å². The van der Waals surface area contributed by atoms with E-state index in [2.05, 4.69) is 9.97 Å². The van der Waals surface area contributed by atoms with Crippen molar-refractivity contribution in [1.82, 2.24) is 9.97 Å². The van der Waals surface area contributed by atoms with Crippen molar-refractivity contribution in [2.75, 3.05) is 6.61 Å². The Morgan fingerprint density at radius 1 is 1.27 bits per heavy atom. The minimum Gasteiger partial charge on any atom is -0.466 e. The quantitative estimate of drug-likeness (QED) is 0.625. The number of fused-ring (bicyclic) bond motifs is 3. The van der Waals surface area contributed by atoms with Crippen molar-refractivity contribution in [3.8, 4) is 0 Å². The summed E-state index contributed by atoms with van der Waals surface area (Å²) in [5.41, 5.74) is 5.96. The Hall–Kier alpha value is -1.27. The minimum atomic E-state index is -0.711. The molecule has 142 valence electrons. The van der Waals surface area contributed by atoms with E-state index in [0.29, 0.717) is 43.4 Å². The SMILES string of the molecule is CCOC(=O)[C@H]1C2CCC(CC2)[C@@H]1Cc1nc(Cl)nc(C2(N)CC2)c1F. The molecule has 0 radical (unpaired) electrons. The number of hydrogen-bond acceptors (Lipinski definition) is 5. The van der Waals surface area contributed by atoms with Gasteiger partial charge in [-0.2, -0.15) is 0 Å². The van der Waals surface area contributed by atoms with E-state index in [4.69, 9.17) is 22.1 Å². The van der Waals surface area contributed by atoms with Gasteiger partial charge in [-0.25, -0.2) is 14.4 Å². The number of halogens is 2. The number of aromatic nitrogens is 2. The van der Waals surface area contributed by atoms with Crippen LogP contribution in [0.3, 0.4) is 0 Å². The van der Waals surface area contributed by atoms with Gasteiger partial charge in [0.1, 0.15) is 5.69 Å². The van der Waals surface area contributed by atoms with Gasteiger partial charge in [-0.3, -0.25) is 4.79 Å². The Labute approximate surface area is 157 Å². The summed E-state index contributed by atoms with van der Waals surface area (Å²) in [6.07, 6.45) is 6.07. The van der Waals surface area contributed by atoms with Crippen LogP contribution in [0.1, 0.15) is 56.8 Å². The largest absolute Gasteiger partial charge is 0.466 e. The summed E-state index contributed by atoms with van der Waals surface area (Å²) in [6.45, 7) is 2.19. The van der Waals surface area contributed by atoms with Gasteiger partial charge in [-0.15, -0.1) is 0 Å². The number of esters is 1. The van der Waals surface area contributed by atoms with Gasteiger partial charge in [-0.05, 0) is 81.2 Å². The Kier molecular flexibility index (Phi) is 4.68. The van der Waals surface area contributed by atoms with Crippen molar-refractivity contribution in [2.24, 2.45) is 29.4 Å². The van der Waals surface area contributed by atoms with Gasteiger partial charge in [0.15, 0.2) is 5.82 Å². The van der Waals surface area contributed by atoms with E-state index in [1.165, 1.54) is 0 Å². The summed E-state index contributed by atoms with van der Waals surface area (Å²) in [7, 11) is 0. The standard InChI is InChI=1S/C19H25ClFN3O2/c1-2-26-17(25)14-11-5-3-10(4-6-11)12(14)9-13-15(21)16(19(22)7-8-19)24-18(20)23-13/h10-12,14H,2-9,22H2,1H3/t10?,11?,12-,14-/m0/s1. The molecule has 0 saturated heterocycles. The van der Waals surface area contributed by atoms with Crippen LogP contribution in [0, 0.1) is 29.5 Å². The Morgan fingerprint density at radius 3 is 2.54 bits per heavy atom. The Balaban J connectivity index is 1.65. The monoisotopic (exact) mass is 381 g/mol. The summed E-state index contributed by atoms with van der Waals surface area (Å²) in [6, 6.07) is 0. The maximum absolute atomic E-state index is 15.1. The molecule has 2 atom stereocenters. The first-order valence-electron chi connectivity index (χ1n) is 9.61. The van der Waals surface area contributed by atoms with Crippen molar-refractivity contribution in [1.29, 1.82) is 0 Å². The number of carbonyl (C=O) groups excluding carboxylic acids is 1. The molecule has 1 aromatic rings. The Morgan fingerprint density at radius 2 is 1.92 bits per heavy atom. The van der Waals surface area contributed by atoms with Crippen LogP contribution in [-0.4, -0.2) is 22.5 Å². The molecule has 2 bridgehead atoms. The van der Waals surface area contributed by atoms with E-state index in [1.54, 1.807) is 0 Å². The lowest BCUT2D eigenvalue weighted by Gasteiger charge is -2.47. The molecular weight excluding hydrogens is 357 g/mol. The molecule has 0 spiro atoms. The molecule has 4 aliphatic carbocycles. The number of ether oxygens (including phenoxy) is 1. The summed E-state index contributed by atoms with van der Waals surface area (Å²) < 4.78 is 20.4. The van der Waals surface area contributed by atoms with Gasteiger partial charge in [-0.1, -0.05) is 0 Å². The van der Waals surface area contributed by atoms with E-state index >= 15 is 4.39 Å². The van der Waals surface area contributed by atoms with Crippen molar-refractivity contribution < 1.29 is 13.9 Å². The van der Waals surface area contributed by atoms with Crippen molar-refractivity contribution in [2.45, 2.75) is 57.4 Å². The molecule has 0 aromatic carbocycles. The highest BCUT2D eigenvalue weighted by Gasteiger charge is 2.49. The molecule has 1 aromatic heterocycles. The zero-order chi connectivity index (χ0) is 18.5. The zero-order valence-corrected chi connectivity index (χ0v) is 15.8. The number of nitrogens with zero attached hydrogens (tertiary/aromatic N) is 2. The molecule has 4 saturated carbocycles. The topological polar surface area (TPSA) is 78.1 Å². The van der Waals surface area contributed by atoms with Crippen LogP contribution >= 0.6 is 11.6 Å². The second kappa shape index (κ2) is 6.71. The van der Waals surface area contributed by atoms with Gasteiger partial charge in [0, 0.05) is 0 Å². The van der Waals surface area contributed by atoms with Gasteiger partial charge in [0.2, 0.25) is 5.28 Å². The lowest BCUT2D eigenvalue weighted by molar-refractivity contribution is -0.158. The van der Waals surface area contributed by atoms with Gasteiger partial charge in [0.05, 0.1) is 23.8 Å². The van der Waals surface area contributed by atoms with E-state index < -0.39 is 11.4 Å². The molecule has 5 nitrogen and oxygen atoms in total.